The van der Waals surface area contributed by atoms with E-state index >= 15 is 0 Å². The number of hydrogen-bond acceptors (Lipinski definition) is 6. The van der Waals surface area contributed by atoms with Gasteiger partial charge in [0, 0.05) is 47.4 Å². The molecule has 0 aliphatic carbocycles. The molecular formula is C27H32BrN7O3. The van der Waals surface area contributed by atoms with E-state index in [1.165, 1.54) is 0 Å². The fourth-order valence-corrected chi connectivity index (χ4v) is 4.58. The van der Waals surface area contributed by atoms with Crippen molar-refractivity contribution in [2.45, 2.75) is 38.3 Å². The predicted octanol–water partition coefficient (Wildman–Crippen LogP) is 3.23. The third-order valence-electron chi connectivity index (χ3n) is 6.24. The predicted molar refractivity (Wildman–Crippen MR) is 148 cm³/mol. The second-order valence-corrected chi connectivity index (χ2v) is 10.4. The van der Waals surface area contributed by atoms with Crippen molar-refractivity contribution in [1.29, 1.82) is 0 Å². The number of hydrogen-bond donors (Lipinski definition) is 2. The summed E-state index contributed by atoms with van der Waals surface area (Å²) in [4.78, 5) is 51.6. The number of benzene rings is 1. The van der Waals surface area contributed by atoms with Crippen LogP contribution in [0.5, 0.6) is 0 Å². The molecule has 0 bridgehead atoms. The van der Waals surface area contributed by atoms with Gasteiger partial charge in [-0.15, -0.1) is 0 Å². The van der Waals surface area contributed by atoms with Crippen molar-refractivity contribution < 1.29 is 14.4 Å². The zero-order valence-corrected chi connectivity index (χ0v) is 23.1. The van der Waals surface area contributed by atoms with Gasteiger partial charge in [-0.3, -0.25) is 14.4 Å². The summed E-state index contributed by atoms with van der Waals surface area (Å²) >= 11 is 3.31. The monoisotopic (exact) mass is 581 g/mol. The summed E-state index contributed by atoms with van der Waals surface area (Å²) in [7, 11) is 3.95. The Labute approximate surface area is 230 Å². The number of halogens is 1. The minimum Gasteiger partial charge on any atom is -0.341 e. The smallest absolute Gasteiger partial charge is 0.251 e. The number of carbonyl (C=O) groups excluding carboxylic acids is 3. The number of nitrogens with zero attached hydrogens (tertiary/aromatic N) is 5. The molecule has 3 amide bonds. The highest BCUT2D eigenvalue weighted by Gasteiger charge is 2.29. The summed E-state index contributed by atoms with van der Waals surface area (Å²) in [6, 6.07) is 9.52. The van der Waals surface area contributed by atoms with Crippen molar-refractivity contribution in [3.8, 4) is 5.69 Å². The van der Waals surface area contributed by atoms with Crippen LogP contribution in [0.3, 0.4) is 0 Å². The van der Waals surface area contributed by atoms with Crippen LogP contribution in [0.4, 0.5) is 5.82 Å². The van der Waals surface area contributed by atoms with Crippen LogP contribution in [-0.2, 0) is 16.1 Å². The first-order chi connectivity index (χ1) is 18.3. The number of pyridine rings is 1. The molecule has 0 unspecified atom stereocenters. The second-order valence-electron chi connectivity index (χ2n) is 9.52. The van der Waals surface area contributed by atoms with E-state index in [1.54, 1.807) is 41.6 Å². The van der Waals surface area contributed by atoms with Crippen molar-refractivity contribution in [2.75, 3.05) is 32.5 Å². The Morgan fingerprint density at radius 2 is 1.76 bits per heavy atom. The maximum absolute atomic E-state index is 13.3. The largest absolute Gasteiger partial charge is 0.341 e. The maximum atomic E-state index is 13.3. The van der Waals surface area contributed by atoms with Gasteiger partial charge in [0.1, 0.15) is 17.7 Å². The first kappa shape index (κ1) is 27.5. The van der Waals surface area contributed by atoms with E-state index in [1.807, 2.05) is 41.9 Å². The first-order valence-corrected chi connectivity index (χ1v) is 13.4. The molecule has 2 N–H and O–H groups in total. The Bertz CT molecular complexity index is 1250. The topological polar surface area (TPSA) is 112 Å². The van der Waals surface area contributed by atoms with Crippen LogP contribution >= 0.6 is 15.9 Å². The van der Waals surface area contributed by atoms with Gasteiger partial charge in [0.15, 0.2) is 0 Å². The van der Waals surface area contributed by atoms with Gasteiger partial charge in [0.05, 0.1) is 13.0 Å². The fraction of sp³-hybridized carbons (Fsp3) is 0.370. The fourth-order valence-electron chi connectivity index (χ4n) is 4.35. The number of rotatable bonds is 9. The molecule has 1 aliphatic rings. The van der Waals surface area contributed by atoms with Crippen molar-refractivity contribution in [3.63, 3.8) is 0 Å². The average molecular weight is 583 g/mol. The molecule has 200 valence electrons. The van der Waals surface area contributed by atoms with Crippen LogP contribution in [-0.4, -0.2) is 75.3 Å². The van der Waals surface area contributed by atoms with E-state index in [9.17, 15) is 14.4 Å². The molecule has 0 radical (unpaired) electrons. The molecule has 4 rings (SSSR count). The molecule has 1 atom stereocenters. The third-order valence-corrected chi connectivity index (χ3v) is 6.71. The highest BCUT2D eigenvalue weighted by atomic mass is 79.9. The highest BCUT2D eigenvalue weighted by Crippen LogP contribution is 2.16. The van der Waals surface area contributed by atoms with Gasteiger partial charge in [-0.1, -0.05) is 0 Å². The van der Waals surface area contributed by atoms with Gasteiger partial charge in [0.25, 0.3) is 5.91 Å². The first-order valence-electron chi connectivity index (χ1n) is 12.6. The summed E-state index contributed by atoms with van der Waals surface area (Å²) in [6.45, 7) is 1.92. The van der Waals surface area contributed by atoms with Gasteiger partial charge in [-0.25, -0.2) is 9.97 Å². The lowest BCUT2D eigenvalue weighted by Gasteiger charge is -2.30. The summed E-state index contributed by atoms with van der Waals surface area (Å²) in [5, 5.41) is 5.51. The van der Waals surface area contributed by atoms with Crippen molar-refractivity contribution in [1.82, 2.24) is 29.7 Å². The molecule has 1 fully saturated rings. The molecule has 1 aliphatic heterocycles. The molecule has 38 heavy (non-hydrogen) atoms. The Kier molecular flexibility index (Phi) is 9.24. The van der Waals surface area contributed by atoms with Gasteiger partial charge < -0.3 is 25.0 Å². The Morgan fingerprint density at radius 1 is 1.03 bits per heavy atom. The SMILES string of the molecule is CN(C)Cc1nccn1-c1ccc(C(=O)N[C@@H](CC(=O)Nc2ccc(Br)cn2)C(=O)N2CCCCC2)cc1. The number of piperidine rings is 1. The highest BCUT2D eigenvalue weighted by molar-refractivity contribution is 9.10. The van der Waals surface area contributed by atoms with E-state index in [0.717, 1.165) is 35.2 Å². The average Bonchev–Trinajstić information content (AvgIpc) is 3.37. The molecule has 11 heteroatoms. The molecule has 1 saturated heterocycles. The molecule has 3 heterocycles. The van der Waals surface area contributed by atoms with Crippen LogP contribution in [0.25, 0.3) is 5.69 Å². The molecule has 10 nitrogen and oxygen atoms in total. The normalized spacial score (nSPS) is 14.3. The number of aromatic nitrogens is 3. The third kappa shape index (κ3) is 7.26. The lowest BCUT2D eigenvalue weighted by atomic mass is 10.1. The van der Waals surface area contributed by atoms with Crippen LogP contribution < -0.4 is 10.6 Å². The lowest BCUT2D eigenvalue weighted by Crippen LogP contribution is -2.51. The minimum absolute atomic E-state index is 0.195. The van der Waals surface area contributed by atoms with Gasteiger partial charge >= 0.3 is 0 Å². The quantitative estimate of drug-likeness (QED) is 0.401. The Balaban J connectivity index is 1.47. The van der Waals surface area contributed by atoms with Crippen LogP contribution in [0.2, 0.25) is 0 Å². The number of carbonyl (C=O) groups is 3. The molecule has 1 aromatic carbocycles. The standard InChI is InChI=1S/C27H32BrN7O3/c1-33(2)18-24-29-12-15-35(24)21-9-6-19(7-10-21)26(37)31-22(27(38)34-13-4-3-5-14-34)16-25(36)32-23-11-8-20(28)17-30-23/h6-12,15,17,22H,3-5,13-14,16,18H2,1-2H3,(H,31,37)(H,30,32,36)/t22-/m0/s1. The van der Waals surface area contributed by atoms with Crippen LogP contribution in [0, 0.1) is 0 Å². The van der Waals surface area contributed by atoms with E-state index in [0.29, 0.717) is 31.0 Å². The molecule has 2 aromatic heterocycles. The lowest BCUT2D eigenvalue weighted by molar-refractivity contribution is -0.135. The number of nitrogens with one attached hydrogen (secondary N) is 2. The van der Waals surface area contributed by atoms with Crippen molar-refractivity contribution in [2.24, 2.45) is 0 Å². The van der Waals surface area contributed by atoms with Gasteiger partial charge in [-0.2, -0.15) is 0 Å². The summed E-state index contributed by atoms with van der Waals surface area (Å²) in [5.41, 5.74) is 1.27. The zero-order valence-electron chi connectivity index (χ0n) is 21.6. The Morgan fingerprint density at radius 3 is 2.42 bits per heavy atom. The molecule has 0 saturated carbocycles. The summed E-state index contributed by atoms with van der Waals surface area (Å²) in [5.74, 6) is 0.184. The second kappa shape index (κ2) is 12.8. The minimum atomic E-state index is -0.990. The van der Waals surface area contributed by atoms with E-state index in [4.69, 9.17) is 0 Å². The van der Waals surface area contributed by atoms with Crippen molar-refractivity contribution >= 4 is 39.5 Å². The van der Waals surface area contributed by atoms with Gasteiger partial charge in [-0.05, 0) is 85.7 Å². The van der Waals surface area contributed by atoms with Crippen LogP contribution in [0.15, 0.2) is 59.5 Å². The number of anilines is 1. The van der Waals surface area contributed by atoms with E-state index < -0.39 is 17.9 Å². The summed E-state index contributed by atoms with van der Waals surface area (Å²) in [6.07, 6.45) is 7.88. The number of likely N-dealkylation sites (tertiary alicyclic amines) is 1. The van der Waals surface area contributed by atoms with E-state index in [-0.39, 0.29) is 12.3 Å². The summed E-state index contributed by atoms with van der Waals surface area (Å²) < 4.78 is 2.75. The van der Waals surface area contributed by atoms with Gasteiger partial charge in [0.2, 0.25) is 11.8 Å². The number of amides is 3. The van der Waals surface area contributed by atoms with E-state index in [2.05, 4.69) is 36.5 Å². The molecular weight excluding hydrogens is 550 g/mol. The molecule has 0 spiro atoms. The Hall–Kier alpha value is -3.57. The zero-order chi connectivity index (χ0) is 27.1. The molecule has 3 aromatic rings. The maximum Gasteiger partial charge on any atom is 0.251 e. The van der Waals surface area contributed by atoms with Crippen LogP contribution in [0.1, 0.15) is 41.9 Å². The number of imidazole rings is 1. The van der Waals surface area contributed by atoms with Crippen molar-refractivity contribution in [3.05, 3.63) is 70.8 Å².